The molecule has 1 unspecified atom stereocenters. The second-order valence-electron chi connectivity index (χ2n) is 3.43. The lowest BCUT2D eigenvalue weighted by atomic mass is 10.0. The van der Waals surface area contributed by atoms with E-state index in [0.717, 1.165) is 6.42 Å². The van der Waals surface area contributed by atoms with E-state index in [2.05, 4.69) is 42.6 Å². The van der Waals surface area contributed by atoms with Crippen LogP contribution in [0.5, 0.6) is 0 Å². The highest BCUT2D eigenvalue weighted by molar-refractivity contribution is 7.10. The molecule has 2 aromatic rings. The first-order valence-corrected chi connectivity index (χ1v) is 6.39. The van der Waals surface area contributed by atoms with Gasteiger partial charge in [0.2, 0.25) is 0 Å². The summed E-state index contributed by atoms with van der Waals surface area (Å²) < 4.78 is 0. The van der Waals surface area contributed by atoms with Crippen LogP contribution in [0.3, 0.4) is 0 Å². The van der Waals surface area contributed by atoms with Crippen LogP contribution in [0.2, 0.25) is 0 Å². The molecule has 0 N–H and O–H groups in total. The van der Waals surface area contributed by atoms with Crippen LogP contribution in [0.4, 0.5) is 0 Å². The molecule has 1 aromatic heterocycles. The average molecular weight is 237 g/mol. The number of thiophene rings is 1. The average Bonchev–Trinajstić information content (AvgIpc) is 2.81. The van der Waals surface area contributed by atoms with Crippen LogP contribution in [0.25, 0.3) is 0 Å². The first kappa shape index (κ1) is 10.7. The Balaban J connectivity index is 2.37. The zero-order chi connectivity index (χ0) is 10.7. The molecule has 2 rings (SSSR count). The Kier molecular flexibility index (Phi) is 3.45. The largest absolute Gasteiger partial charge is 0.147 e. The molecule has 0 nitrogen and oxygen atoms in total. The van der Waals surface area contributed by atoms with Crippen molar-refractivity contribution in [2.24, 2.45) is 0 Å². The van der Waals surface area contributed by atoms with Gasteiger partial charge in [-0.15, -0.1) is 22.9 Å². The molecular formula is C13H13ClS. The molecule has 0 radical (unpaired) electrons. The molecule has 0 saturated heterocycles. The standard InChI is InChI=1S/C13H13ClS/c1-2-10-6-3-4-7-11(10)13(14)12-8-5-9-15-12/h3-9,13H,2H2,1H3. The van der Waals surface area contributed by atoms with Crippen molar-refractivity contribution in [3.63, 3.8) is 0 Å². The summed E-state index contributed by atoms with van der Waals surface area (Å²) in [7, 11) is 0. The third-order valence-corrected chi connectivity index (χ3v) is 4.04. The van der Waals surface area contributed by atoms with Gasteiger partial charge in [-0.05, 0) is 29.0 Å². The SMILES string of the molecule is CCc1ccccc1C(Cl)c1cccs1. The van der Waals surface area contributed by atoms with Crippen molar-refractivity contribution in [2.45, 2.75) is 18.7 Å². The minimum Gasteiger partial charge on any atom is -0.147 e. The first-order chi connectivity index (χ1) is 7.33. The molecule has 1 heterocycles. The lowest BCUT2D eigenvalue weighted by Crippen LogP contribution is -1.95. The number of aryl methyl sites for hydroxylation is 1. The maximum atomic E-state index is 6.47. The summed E-state index contributed by atoms with van der Waals surface area (Å²) in [4.78, 5) is 1.22. The van der Waals surface area contributed by atoms with Crippen LogP contribution in [-0.2, 0) is 6.42 Å². The predicted octanol–water partition coefficient (Wildman–Crippen LogP) is 4.64. The van der Waals surface area contributed by atoms with Gasteiger partial charge in [-0.2, -0.15) is 0 Å². The summed E-state index contributed by atoms with van der Waals surface area (Å²) in [6, 6.07) is 12.5. The van der Waals surface area contributed by atoms with Crippen molar-refractivity contribution in [3.05, 3.63) is 57.8 Å². The number of halogens is 1. The van der Waals surface area contributed by atoms with E-state index in [9.17, 15) is 0 Å². The van der Waals surface area contributed by atoms with E-state index in [4.69, 9.17) is 11.6 Å². The minimum absolute atomic E-state index is 0.00106. The highest BCUT2D eigenvalue weighted by Crippen LogP contribution is 2.33. The van der Waals surface area contributed by atoms with Gasteiger partial charge in [0.05, 0.1) is 5.38 Å². The molecule has 1 atom stereocenters. The summed E-state index contributed by atoms with van der Waals surface area (Å²) in [5, 5.41) is 2.07. The fraction of sp³-hybridized carbons (Fsp3) is 0.231. The van der Waals surface area contributed by atoms with Gasteiger partial charge in [0.15, 0.2) is 0 Å². The smallest absolute Gasteiger partial charge is 0.0930 e. The Hall–Kier alpha value is -0.790. The van der Waals surface area contributed by atoms with Gasteiger partial charge in [-0.25, -0.2) is 0 Å². The third-order valence-electron chi connectivity index (χ3n) is 2.50. The molecule has 0 spiro atoms. The van der Waals surface area contributed by atoms with Gasteiger partial charge >= 0.3 is 0 Å². The lowest BCUT2D eigenvalue weighted by Gasteiger charge is -2.12. The van der Waals surface area contributed by atoms with Crippen LogP contribution in [0.1, 0.15) is 28.3 Å². The molecule has 15 heavy (non-hydrogen) atoms. The van der Waals surface area contributed by atoms with Crippen molar-refractivity contribution in [1.29, 1.82) is 0 Å². The van der Waals surface area contributed by atoms with Crippen LogP contribution in [0, 0.1) is 0 Å². The van der Waals surface area contributed by atoms with Crippen LogP contribution >= 0.6 is 22.9 Å². The number of hydrogen-bond acceptors (Lipinski definition) is 1. The predicted molar refractivity (Wildman–Crippen MR) is 67.8 cm³/mol. The minimum atomic E-state index is 0.00106. The van der Waals surface area contributed by atoms with Gasteiger partial charge in [0, 0.05) is 4.88 Å². The van der Waals surface area contributed by atoms with E-state index in [1.54, 1.807) is 11.3 Å². The van der Waals surface area contributed by atoms with Crippen LogP contribution < -0.4 is 0 Å². The van der Waals surface area contributed by atoms with Crippen LogP contribution in [-0.4, -0.2) is 0 Å². The van der Waals surface area contributed by atoms with E-state index in [-0.39, 0.29) is 5.38 Å². The lowest BCUT2D eigenvalue weighted by molar-refractivity contribution is 1.05. The molecule has 0 amide bonds. The normalized spacial score (nSPS) is 12.7. The van der Waals surface area contributed by atoms with E-state index < -0.39 is 0 Å². The molecule has 2 heteroatoms. The van der Waals surface area contributed by atoms with Gasteiger partial charge in [-0.1, -0.05) is 37.3 Å². The number of benzene rings is 1. The Morgan fingerprint density at radius 1 is 1.20 bits per heavy atom. The molecule has 0 aliphatic heterocycles. The Morgan fingerprint density at radius 3 is 2.67 bits per heavy atom. The molecule has 0 saturated carbocycles. The maximum Gasteiger partial charge on any atom is 0.0930 e. The van der Waals surface area contributed by atoms with E-state index in [0.29, 0.717) is 0 Å². The van der Waals surface area contributed by atoms with Crippen molar-refractivity contribution in [1.82, 2.24) is 0 Å². The second kappa shape index (κ2) is 4.82. The number of hydrogen-bond donors (Lipinski definition) is 0. The van der Waals surface area contributed by atoms with E-state index >= 15 is 0 Å². The summed E-state index contributed by atoms with van der Waals surface area (Å²) in [5.41, 5.74) is 2.58. The van der Waals surface area contributed by atoms with Crippen molar-refractivity contribution in [3.8, 4) is 0 Å². The first-order valence-electron chi connectivity index (χ1n) is 5.08. The zero-order valence-electron chi connectivity index (χ0n) is 8.61. The van der Waals surface area contributed by atoms with Gasteiger partial charge in [0.1, 0.15) is 0 Å². The second-order valence-corrected chi connectivity index (χ2v) is 4.85. The van der Waals surface area contributed by atoms with Crippen molar-refractivity contribution < 1.29 is 0 Å². The molecule has 0 bridgehead atoms. The van der Waals surface area contributed by atoms with Gasteiger partial charge in [-0.3, -0.25) is 0 Å². The fourth-order valence-corrected chi connectivity index (χ4v) is 2.85. The molecular weight excluding hydrogens is 224 g/mol. The summed E-state index contributed by atoms with van der Waals surface area (Å²) in [6.45, 7) is 2.16. The molecule has 0 fully saturated rings. The number of rotatable bonds is 3. The quantitative estimate of drug-likeness (QED) is 0.682. The highest BCUT2D eigenvalue weighted by Gasteiger charge is 2.14. The highest BCUT2D eigenvalue weighted by atomic mass is 35.5. The molecule has 0 aliphatic rings. The number of alkyl halides is 1. The van der Waals surface area contributed by atoms with Gasteiger partial charge in [0.25, 0.3) is 0 Å². The van der Waals surface area contributed by atoms with Crippen LogP contribution in [0.15, 0.2) is 41.8 Å². The summed E-state index contributed by atoms with van der Waals surface area (Å²) >= 11 is 8.18. The molecule has 78 valence electrons. The van der Waals surface area contributed by atoms with Crippen molar-refractivity contribution >= 4 is 22.9 Å². The molecule has 1 aromatic carbocycles. The van der Waals surface area contributed by atoms with Crippen molar-refractivity contribution in [2.75, 3.05) is 0 Å². The third kappa shape index (κ3) is 2.24. The van der Waals surface area contributed by atoms with Gasteiger partial charge < -0.3 is 0 Å². The summed E-state index contributed by atoms with van der Waals surface area (Å²) in [6.07, 6.45) is 1.03. The Bertz CT molecular complexity index is 420. The molecule has 0 aliphatic carbocycles. The topological polar surface area (TPSA) is 0 Å². The maximum absolute atomic E-state index is 6.47. The monoisotopic (exact) mass is 236 g/mol. The van der Waals surface area contributed by atoms with E-state index in [1.165, 1.54) is 16.0 Å². The zero-order valence-corrected chi connectivity index (χ0v) is 10.2. The fourth-order valence-electron chi connectivity index (χ4n) is 1.69. The summed E-state index contributed by atoms with van der Waals surface area (Å²) in [5.74, 6) is 0. The Labute approximate surface area is 99.5 Å². The van der Waals surface area contributed by atoms with E-state index in [1.807, 2.05) is 6.07 Å². The Morgan fingerprint density at radius 2 is 2.00 bits per heavy atom.